The summed E-state index contributed by atoms with van der Waals surface area (Å²) in [4.78, 5) is 27.8. The largest absolute Gasteiger partial charge is 0.456 e. The van der Waals surface area contributed by atoms with Gasteiger partial charge in [0.05, 0.1) is 23.1 Å². The van der Waals surface area contributed by atoms with Crippen molar-refractivity contribution >= 4 is 17.0 Å². The highest BCUT2D eigenvalue weighted by Gasteiger charge is 2.20. The second-order valence-corrected chi connectivity index (χ2v) is 8.28. The van der Waals surface area contributed by atoms with Crippen LogP contribution in [0.25, 0.3) is 22.2 Å². The molecule has 0 aliphatic rings. The summed E-state index contributed by atoms with van der Waals surface area (Å²) in [6.07, 6.45) is 0. The van der Waals surface area contributed by atoms with Gasteiger partial charge in [-0.1, -0.05) is 54.6 Å². The number of carbonyl (C=O) groups excluding carboxylic acids is 1. The fourth-order valence-electron chi connectivity index (χ4n) is 3.48. The highest BCUT2D eigenvalue weighted by atomic mass is 16.6. The van der Waals surface area contributed by atoms with E-state index in [4.69, 9.17) is 4.74 Å². The molecule has 0 aliphatic heterocycles. The average Bonchev–Trinajstić information content (AvgIpc) is 3.02. The molecule has 0 atom stereocenters. The summed E-state index contributed by atoms with van der Waals surface area (Å²) in [5.74, 6) is -0.340. The molecule has 0 spiro atoms. The molecule has 3 aromatic carbocycles. The number of fused-ring (bicyclic) bond motifs is 1. The van der Waals surface area contributed by atoms with Crippen molar-refractivity contribution in [1.29, 1.82) is 0 Å². The number of esters is 1. The van der Waals surface area contributed by atoms with E-state index in [2.05, 4.69) is 4.98 Å². The summed E-state index contributed by atoms with van der Waals surface area (Å²) in [6.45, 7) is 6.04. The molecule has 0 aliphatic carbocycles. The Morgan fingerprint density at radius 3 is 2.33 bits per heavy atom. The maximum atomic E-state index is 12.6. The van der Waals surface area contributed by atoms with Crippen LogP contribution in [0.3, 0.4) is 0 Å². The number of rotatable bonds is 4. The first-order valence-corrected chi connectivity index (χ1v) is 9.91. The van der Waals surface area contributed by atoms with Gasteiger partial charge in [0.1, 0.15) is 5.60 Å². The Kier molecular flexibility index (Phi) is 5.04. The number of aromatic amines is 1. The van der Waals surface area contributed by atoms with Crippen molar-refractivity contribution in [2.24, 2.45) is 0 Å². The summed E-state index contributed by atoms with van der Waals surface area (Å²) in [7, 11) is 0. The third-order valence-electron chi connectivity index (χ3n) is 4.83. The van der Waals surface area contributed by atoms with Crippen LogP contribution in [0, 0.1) is 0 Å². The fraction of sp³-hybridized carbons (Fsp3) is 0.200. The Bertz CT molecular complexity index is 1260. The van der Waals surface area contributed by atoms with Crippen LogP contribution in [0.4, 0.5) is 0 Å². The lowest BCUT2D eigenvalue weighted by Crippen LogP contribution is -2.24. The molecule has 0 saturated carbocycles. The molecule has 0 radical (unpaired) electrons. The Hall–Kier alpha value is -3.60. The van der Waals surface area contributed by atoms with E-state index in [0.29, 0.717) is 12.1 Å². The quantitative estimate of drug-likeness (QED) is 0.490. The summed E-state index contributed by atoms with van der Waals surface area (Å²) < 4.78 is 7.27. The normalized spacial score (nSPS) is 11.6. The monoisotopic (exact) mass is 400 g/mol. The fourth-order valence-corrected chi connectivity index (χ4v) is 3.48. The summed E-state index contributed by atoms with van der Waals surface area (Å²) >= 11 is 0. The molecule has 0 unspecified atom stereocenters. The highest BCUT2D eigenvalue weighted by molar-refractivity contribution is 5.97. The molecule has 1 N–H and O–H groups in total. The average molecular weight is 400 g/mol. The Morgan fingerprint density at radius 1 is 0.933 bits per heavy atom. The first kappa shape index (κ1) is 19.7. The molecule has 5 nitrogen and oxygen atoms in total. The minimum Gasteiger partial charge on any atom is -0.456 e. The van der Waals surface area contributed by atoms with Crippen molar-refractivity contribution in [3.63, 3.8) is 0 Å². The maximum absolute atomic E-state index is 12.6. The SMILES string of the molecule is CC(C)(C)OC(=O)c1ccccc1-c1ccc(Cn2c(=O)[nH]c3ccccc32)cc1. The van der Waals surface area contributed by atoms with Crippen molar-refractivity contribution in [2.75, 3.05) is 0 Å². The topological polar surface area (TPSA) is 64.1 Å². The van der Waals surface area contributed by atoms with Gasteiger partial charge < -0.3 is 9.72 Å². The molecule has 0 bridgehead atoms. The number of aromatic nitrogens is 2. The van der Waals surface area contributed by atoms with E-state index in [9.17, 15) is 9.59 Å². The molecule has 1 aromatic heterocycles. The standard InChI is InChI=1S/C25H24N2O3/c1-25(2,3)30-23(28)20-9-5-4-8-19(20)18-14-12-17(13-15-18)16-27-22-11-7-6-10-21(22)26-24(27)29/h4-15H,16H2,1-3H3,(H,26,29). The number of hydrogen-bond donors (Lipinski definition) is 1. The summed E-state index contributed by atoms with van der Waals surface area (Å²) in [5.41, 5.74) is 4.30. The molecule has 0 saturated heterocycles. The van der Waals surface area contributed by atoms with Crippen molar-refractivity contribution < 1.29 is 9.53 Å². The predicted octanol–water partition coefficient (Wildman–Crippen LogP) is 5.00. The van der Waals surface area contributed by atoms with E-state index in [-0.39, 0.29) is 11.7 Å². The molecule has 1 heterocycles. The predicted molar refractivity (Wildman–Crippen MR) is 119 cm³/mol. The van der Waals surface area contributed by atoms with Crippen LogP contribution < -0.4 is 5.69 Å². The zero-order chi connectivity index (χ0) is 21.3. The lowest BCUT2D eigenvalue weighted by atomic mass is 9.98. The van der Waals surface area contributed by atoms with Crippen molar-refractivity contribution in [1.82, 2.24) is 9.55 Å². The molecule has 30 heavy (non-hydrogen) atoms. The van der Waals surface area contributed by atoms with E-state index in [0.717, 1.165) is 27.7 Å². The van der Waals surface area contributed by atoms with Gasteiger partial charge in [-0.3, -0.25) is 4.57 Å². The van der Waals surface area contributed by atoms with Crippen LogP contribution in [0.15, 0.2) is 77.6 Å². The van der Waals surface area contributed by atoms with Crippen molar-refractivity contribution in [3.05, 3.63) is 94.4 Å². The van der Waals surface area contributed by atoms with E-state index < -0.39 is 5.60 Å². The number of nitrogens with one attached hydrogen (secondary N) is 1. The molecular formula is C25H24N2O3. The van der Waals surface area contributed by atoms with Crippen LogP contribution in [0.1, 0.15) is 36.7 Å². The smallest absolute Gasteiger partial charge is 0.339 e. The minimum atomic E-state index is -0.555. The van der Waals surface area contributed by atoms with Gasteiger partial charge in [0.2, 0.25) is 0 Å². The highest BCUT2D eigenvalue weighted by Crippen LogP contribution is 2.26. The molecule has 4 rings (SSSR count). The minimum absolute atomic E-state index is 0.129. The van der Waals surface area contributed by atoms with Gasteiger partial charge in [-0.25, -0.2) is 9.59 Å². The lowest BCUT2D eigenvalue weighted by Gasteiger charge is -2.20. The molecule has 4 aromatic rings. The number of hydrogen-bond acceptors (Lipinski definition) is 3. The van der Waals surface area contributed by atoms with E-state index in [1.807, 2.05) is 87.5 Å². The van der Waals surface area contributed by atoms with Crippen LogP contribution in [-0.2, 0) is 11.3 Å². The van der Waals surface area contributed by atoms with Crippen LogP contribution in [0.2, 0.25) is 0 Å². The second kappa shape index (κ2) is 7.67. The van der Waals surface area contributed by atoms with Gasteiger partial charge in [0.15, 0.2) is 0 Å². The van der Waals surface area contributed by atoms with Gasteiger partial charge in [0, 0.05) is 0 Å². The van der Waals surface area contributed by atoms with Gasteiger partial charge in [0.25, 0.3) is 0 Å². The van der Waals surface area contributed by atoms with Crippen LogP contribution >= 0.6 is 0 Å². The molecule has 0 fully saturated rings. The van der Waals surface area contributed by atoms with Crippen LogP contribution in [0.5, 0.6) is 0 Å². The Balaban J connectivity index is 1.63. The van der Waals surface area contributed by atoms with Gasteiger partial charge in [-0.2, -0.15) is 0 Å². The zero-order valence-corrected chi connectivity index (χ0v) is 17.3. The number of ether oxygens (including phenoxy) is 1. The summed E-state index contributed by atoms with van der Waals surface area (Å²) in [5, 5.41) is 0. The Morgan fingerprint density at radius 2 is 1.60 bits per heavy atom. The summed E-state index contributed by atoms with van der Waals surface area (Å²) in [6, 6.07) is 23.0. The number of nitrogens with zero attached hydrogens (tertiary/aromatic N) is 1. The van der Waals surface area contributed by atoms with Crippen LogP contribution in [-0.4, -0.2) is 21.1 Å². The molecule has 0 amide bonds. The third kappa shape index (κ3) is 4.06. The third-order valence-corrected chi connectivity index (χ3v) is 4.83. The van der Waals surface area contributed by atoms with Crippen molar-refractivity contribution in [2.45, 2.75) is 32.9 Å². The maximum Gasteiger partial charge on any atom is 0.339 e. The van der Waals surface area contributed by atoms with Crippen molar-refractivity contribution in [3.8, 4) is 11.1 Å². The molecular weight excluding hydrogens is 376 g/mol. The first-order chi connectivity index (χ1) is 14.3. The molecule has 5 heteroatoms. The van der Waals surface area contributed by atoms with Gasteiger partial charge in [-0.05, 0) is 55.7 Å². The Labute approximate surface area is 174 Å². The number of H-pyrrole nitrogens is 1. The van der Waals surface area contributed by atoms with Gasteiger partial charge in [-0.15, -0.1) is 0 Å². The second-order valence-electron chi connectivity index (χ2n) is 8.28. The molecule has 152 valence electrons. The lowest BCUT2D eigenvalue weighted by molar-refractivity contribution is 0.00704. The van der Waals surface area contributed by atoms with E-state index in [1.165, 1.54) is 0 Å². The number of benzene rings is 3. The number of imidazole rings is 1. The first-order valence-electron chi connectivity index (χ1n) is 9.91. The number of carbonyl (C=O) groups is 1. The van der Waals surface area contributed by atoms with E-state index >= 15 is 0 Å². The zero-order valence-electron chi connectivity index (χ0n) is 17.3. The van der Waals surface area contributed by atoms with E-state index in [1.54, 1.807) is 10.6 Å². The van der Waals surface area contributed by atoms with Gasteiger partial charge >= 0.3 is 11.7 Å². The number of para-hydroxylation sites is 2.